The first-order valence-corrected chi connectivity index (χ1v) is 10.2. The smallest absolute Gasteiger partial charge is 0.387 e. The Bertz CT molecular complexity index is 1380. The summed E-state index contributed by atoms with van der Waals surface area (Å²) in [5, 5.41) is 9.35. The number of nitrogens with two attached hydrogens (primary N) is 1. The molecule has 0 saturated carbocycles. The summed E-state index contributed by atoms with van der Waals surface area (Å²) in [6.45, 7) is -1.05. The zero-order chi connectivity index (χ0) is 24.2. The maximum Gasteiger partial charge on any atom is 0.387 e. The van der Waals surface area contributed by atoms with E-state index < -0.39 is 18.6 Å². The minimum absolute atomic E-state index is 0.0431. The predicted octanol–water partition coefficient (Wildman–Crippen LogP) is 4.19. The third kappa shape index (κ3) is 4.78. The Balaban J connectivity index is 1.74. The van der Waals surface area contributed by atoms with Gasteiger partial charge in [0.25, 0.3) is 5.91 Å². The van der Waals surface area contributed by atoms with E-state index in [0.717, 1.165) is 0 Å². The molecule has 0 aliphatic carbocycles. The molecule has 0 radical (unpaired) electrons. The van der Waals surface area contributed by atoms with Crippen LogP contribution in [0.2, 0.25) is 0 Å². The van der Waals surface area contributed by atoms with Crippen LogP contribution in [0, 0.1) is 11.3 Å². The SMILES string of the molecule is CC(Oc1ccc(C(N)=O)nc1)c1nc2ccc(C#N)cc2n1Cc1ccccc1OC(F)F. The molecule has 2 aromatic carbocycles. The molecule has 0 spiro atoms. The van der Waals surface area contributed by atoms with E-state index in [9.17, 15) is 18.8 Å². The number of amides is 1. The molecule has 4 rings (SSSR count). The van der Waals surface area contributed by atoms with Gasteiger partial charge >= 0.3 is 6.61 Å². The van der Waals surface area contributed by atoms with Gasteiger partial charge < -0.3 is 19.8 Å². The van der Waals surface area contributed by atoms with Crippen LogP contribution in [0.25, 0.3) is 11.0 Å². The summed E-state index contributed by atoms with van der Waals surface area (Å²) in [6, 6.07) is 16.6. The summed E-state index contributed by atoms with van der Waals surface area (Å²) in [7, 11) is 0. The highest BCUT2D eigenvalue weighted by atomic mass is 19.3. The van der Waals surface area contributed by atoms with Crippen molar-refractivity contribution < 1.29 is 23.0 Å². The molecule has 10 heteroatoms. The lowest BCUT2D eigenvalue weighted by Gasteiger charge is -2.18. The number of hydrogen-bond donors (Lipinski definition) is 1. The van der Waals surface area contributed by atoms with Gasteiger partial charge in [-0.05, 0) is 43.3 Å². The summed E-state index contributed by atoms with van der Waals surface area (Å²) in [5.41, 5.74) is 7.51. The third-order valence-corrected chi connectivity index (χ3v) is 5.09. The molecule has 8 nitrogen and oxygen atoms in total. The van der Waals surface area contributed by atoms with Crippen molar-refractivity contribution >= 4 is 16.9 Å². The predicted molar refractivity (Wildman–Crippen MR) is 118 cm³/mol. The van der Waals surface area contributed by atoms with Crippen molar-refractivity contribution in [3.8, 4) is 17.6 Å². The van der Waals surface area contributed by atoms with E-state index in [-0.39, 0.29) is 18.0 Å². The number of para-hydroxylation sites is 1. The van der Waals surface area contributed by atoms with E-state index >= 15 is 0 Å². The summed E-state index contributed by atoms with van der Waals surface area (Å²) in [4.78, 5) is 19.9. The Morgan fingerprint density at radius 2 is 1.97 bits per heavy atom. The average Bonchev–Trinajstić information content (AvgIpc) is 3.18. The van der Waals surface area contributed by atoms with E-state index in [2.05, 4.69) is 20.8 Å². The normalized spacial score (nSPS) is 11.9. The molecular weight excluding hydrogens is 444 g/mol. The number of aromatic nitrogens is 3. The minimum Gasteiger partial charge on any atom is -0.481 e. The number of hydrogen-bond acceptors (Lipinski definition) is 6. The van der Waals surface area contributed by atoms with Gasteiger partial charge in [-0.2, -0.15) is 14.0 Å². The van der Waals surface area contributed by atoms with Crippen LogP contribution in [0.1, 0.15) is 40.5 Å². The summed E-state index contributed by atoms with van der Waals surface area (Å²) < 4.78 is 38.3. The number of fused-ring (bicyclic) bond motifs is 1. The van der Waals surface area contributed by atoms with E-state index in [0.29, 0.717) is 33.7 Å². The number of carbonyl (C=O) groups excluding carboxylic acids is 1. The Labute approximate surface area is 193 Å². The Kier molecular flexibility index (Phi) is 6.36. The fourth-order valence-electron chi connectivity index (χ4n) is 3.56. The van der Waals surface area contributed by atoms with Gasteiger partial charge in [0.15, 0.2) is 11.9 Å². The van der Waals surface area contributed by atoms with Crippen molar-refractivity contribution in [3.05, 3.63) is 83.4 Å². The number of nitrogens with zero attached hydrogens (tertiary/aromatic N) is 4. The lowest BCUT2D eigenvalue weighted by molar-refractivity contribution is -0.0505. The molecule has 1 unspecified atom stereocenters. The van der Waals surface area contributed by atoms with Gasteiger partial charge in [-0.15, -0.1) is 0 Å². The van der Waals surface area contributed by atoms with E-state index in [1.165, 1.54) is 18.3 Å². The number of carbonyl (C=O) groups is 1. The molecule has 172 valence electrons. The molecule has 4 aromatic rings. The van der Waals surface area contributed by atoms with Gasteiger partial charge in [-0.1, -0.05) is 18.2 Å². The number of halogens is 2. The topological polar surface area (TPSA) is 116 Å². The molecule has 1 atom stereocenters. The monoisotopic (exact) mass is 463 g/mol. The zero-order valence-electron chi connectivity index (χ0n) is 18.0. The Hall–Kier alpha value is -4.52. The first-order valence-electron chi connectivity index (χ1n) is 10.2. The number of nitriles is 1. The number of primary amides is 1. The molecule has 0 fully saturated rings. The van der Waals surface area contributed by atoms with Crippen molar-refractivity contribution in [1.82, 2.24) is 14.5 Å². The van der Waals surface area contributed by atoms with Crippen LogP contribution < -0.4 is 15.2 Å². The average molecular weight is 463 g/mol. The number of ether oxygens (including phenoxy) is 2. The standard InChI is InChI=1S/C24H19F2N5O3/c1-14(33-17-7-9-19(22(28)32)29-12-17)23-30-18-8-6-15(11-27)10-20(18)31(23)13-16-4-2-3-5-21(16)34-24(25)26/h2-10,12,14,24H,13H2,1H3,(H2,28,32). The van der Waals surface area contributed by atoms with Crippen molar-refractivity contribution in [2.45, 2.75) is 26.2 Å². The van der Waals surface area contributed by atoms with Crippen molar-refractivity contribution in [3.63, 3.8) is 0 Å². The van der Waals surface area contributed by atoms with Crippen LogP contribution in [0.15, 0.2) is 60.8 Å². The molecule has 34 heavy (non-hydrogen) atoms. The summed E-state index contributed by atoms with van der Waals surface area (Å²) in [5.74, 6) is 0.270. The second-order valence-electron chi connectivity index (χ2n) is 7.36. The van der Waals surface area contributed by atoms with Crippen LogP contribution in [-0.4, -0.2) is 27.1 Å². The van der Waals surface area contributed by atoms with Crippen LogP contribution in [0.4, 0.5) is 8.78 Å². The number of alkyl halides is 2. The first kappa shape index (κ1) is 22.7. The number of imidazole rings is 1. The summed E-state index contributed by atoms with van der Waals surface area (Å²) in [6.07, 6.45) is 0.783. The fourth-order valence-corrected chi connectivity index (χ4v) is 3.56. The largest absolute Gasteiger partial charge is 0.481 e. The van der Waals surface area contributed by atoms with Crippen molar-refractivity contribution in [2.75, 3.05) is 0 Å². The first-order chi connectivity index (χ1) is 16.4. The summed E-state index contributed by atoms with van der Waals surface area (Å²) >= 11 is 0. The number of pyridine rings is 1. The molecule has 2 heterocycles. The minimum atomic E-state index is -2.97. The molecule has 0 saturated heterocycles. The second kappa shape index (κ2) is 9.54. The van der Waals surface area contributed by atoms with Crippen molar-refractivity contribution in [1.29, 1.82) is 5.26 Å². The van der Waals surface area contributed by atoms with Crippen molar-refractivity contribution in [2.24, 2.45) is 5.73 Å². The van der Waals surface area contributed by atoms with E-state index in [1.807, 2.05) is 0 Å². The lowest BCUT2D eigenvalue weighted by Crippen LogP contribution is -2.15. The van der Waals surface area contributed by atoms with Gasteiger partial charge in [-0.25, -0.2) is 9.97 Å². The highest BCUT2D eigenvalue weighted by Gasteiger charge is 2.21. The van der Waals surface area contributed by atoms with Crippen LogP contribution in [0.5, 0.6) is 11.5 Å². The van der Waals surface area contributed by atoms with Gasteiger partial charge in [0.1, 0.15) is 17.2 Å². The van der Waals surface area contributed by atoms with E-state index in [1.54, 1.807) is 54.0 Å². The maximum atomic E-state index is 12.9. The molecule has 1 amide bonds. The van der Waals surface area contributed by atoms with E-state index in [4.69, 9.17) is 10.5 Å². The lowest BCUT2D eigenvalue weighted by atomic mass is 10.1. The third-order valence-electron chi connectivity index (χ3n) is 5.09. The van der Waals surface area contributed by atoms with Crippen LogP contribution >= 0.6 is 0 Å². The van der Waals surface area contributed by atoms with Gasteiger partial charge in [0.05, 0.1) is 35.4 Å². The molecule has 0 bridgehead atoms. The molecule has 2 N–H and O–H groups in total. The molecule has 0 aliphatic rings. The number of benzene rings is 2. The molecular formula is C24H19F2N5O3. The van der Waals surface area contributed by atoms with Gasteiger partial charge in [0, 0.05) is 5.56 Å². The van der Waals surface area contributed by atoms with Crippen LogP contribution in [0.3, 0.4) is 0 Å². The Morgan fingerprint density at radius 3 is 2.65 bits per heavy atom. The van der Waals surface area contributed by atoms with Gasteiger partial charge in [0.2, 0.25) is 0 Å². The van der Waals surface area contributed by atoms with Crippen LogP contribution in [-0.2, 0) is 6.54 Å². The molecule has 2 aromatic heterocycles. The van der Waals surface area contributed by atoms with Gasteiger partial charge in [-0.3, -0.25) is 4.79 Å². The molecule has 0 aliphatic heterocycles. The zero-order valence-corrected chi connectivity index (χ0v) is 18.0. The quantitative estimate of drug-likeness (QED) is 0.419. The maximum absolute atomic E-state index is 12.9. The Morgan fingerprint density at radius 1 is 1.18 bits per heavy atom. The highest BCUT2D eigenvalue weighted by Crippen LogP contribution is 2.29. The highest BCUT2D eigenvalue weighted by molar-refractivity contribution is 5.90. The second-order valence-corrected chi connectivity index (χ2v) is 7.36. The fraction of sp³-hybridized carbons (Fsp3) is 0.167. The number of rotatable bonds is 8.